The summed E-state index contributed by atoms with van der Waals surface area (Å²) in [7, 11) is 0. The highest BCUT2D eigenvalue weighted by molar-refractivity contribution is 6.34. The van der Waals surface area contributed by atoms with Gasteiger partial charge in [0.1, 0.15) is 0 Å². The molecule has 29 heavy (non-hydrogen) atoms. The number of hydrazone groups is 1. The fourth-order valence-corrected chi connectivity index (χ4v) is 3.16. The Morgan fingerprint density at radius 3 is 2.52 bits per heavy atom. The van der Waals surface area contributed by atoms with Crippen molar-refractivity contribution in [3.05, 3.63) is 59.1 Å². The Morgan fingerprint density at radius 1 is 1.07 bits per heavy atom. The second kappa shape index (κ2) is 9.34. The van der Waals surface area contributed by atoms with Crippen LogP contribution in [0.15, 0.2) is 53.6 Å². The summed E-state index contributed by atoms with van der Waals surface area (Å²) >= 11 is 6.09. The Hall–Kier alpha value is -3.19. The van der Waals surface area contributed by atoms with Crippen LogP contribution in [-0.2, 0) is 14.4 Å². The first-order valence-electron chi connectivity index (χ1n) is 9.22. The van der Waals surface area contributed by atoms with Crippen molar-refractivity contribution in [2.24, 2.45) is 5.10 Å². The molecule has 0 saturated heterocycles. The van der Waals surface area contributed by atoms with Gasteiger partial charge in [-0.1, -0.05) is 41.9 Å². The normalized spacial score (nSPS) is 13.0. The van der Waals surface area contributed by atoms with E-state index in [0.29, 0.717) is 29.4 Å². The van der Waals surface area contributed by atoms with Gasteiger partial charge in [0.25, 0.3) is 0 Å². The number of halogens is 1. The van der Waals surface area contributed by atoms with Crippen LogP contribution in [0.3, 0.4) is 0 Å². The molecule has 0 aromatic heterocycles. The highest BCUT2D eigenvalue weighted by Gasteiger charge is 2.22. The lowest BCUT2D eigenvalue weighted by Gasteiger charge is -2.12. The van der Waals surface area contributed by atoms with Crippen molar-refractivity contribution < 1.29 is 14.4 Å². The first-order valence-corrected chi connectivity index (χ1v) is 9.60. The minimum absolute atomic E-state index is 0.0383. The monoisotopic (exact) mass is 412 g/mol. The molecule has 0 bridgehead atoms. The molecule has 0 radical (unpaired) electrons. The van der Waals surface area contributed by atoms with Crippen LogP contribution in [0.5, 0.6) is 0 Å². The molecule has 0 spiro atoms. The van der Waals surface area contributed by atoms with Gasteiger partial charge in [-0.05, 0) is 23.8 Å². The van der Waals surface area contributed by atoms with Crippen molar-refractivity contribution in [2.75, 3.05) is 17.2 Å². The second-order valence-corrected chi connectivity index (χ2v) is 7.01. The highest BCUT2D eigenvalue weighted by Crippen LogP contribution is 2.25. The second-order valence-electron chi connectivity index (χ2n) is 6.60. The number of amides is 3. The Balaban J connectivity index is 1.51. The Morgan fingerprint density at radius 2 is 1.83 bits per heavy atom. The van der Waals surface area contributed by atoms with Crippen molar-refractivity contribution in [3.63, 3.8) is 0 Å². The van der Waals surface area contributed by atoms with Crippen LogP contribution in [0.25, 0.3) is 0 Å². The van der Waals surface area contributed by atoms with E-state index in [2.05, 4.69) is 15.7 Å². The number of hydrogen-bond acceptors (Lipinski definition) is 4. The molecule has 2 aromatic rings. The quantitative estimate of drug-likeness (QED) is 0.758. The Labute approximate surface area is 173 Å². The number of rotatable bonds is 6. The lowest BCUT2D eigenvalue weighted by Crippen LogP contribution is -2.25. The van der Waals surface area contributed by atoms with Gasteiger partial charge >= 0.3 is 0 Å². The molecule has 2 N–H and O–H groups in total. The number of anilines is 2. The average molecular weight is 413 g/mol. The molecule has 0 aliphatic carbocycles. The molecule has 150 valence electrons. The van der Waals surface area contributed by atoms with Gasteiger partial charge in [0.05, 0.1) is 23.0 Å². The van der Waals surface area contributed by atoms with E-state index in [-0.39, 0.29) is 30.6 Å². The largest absolute Gasteiger partial charge is 0.326 e. The van der Waals surface area contributed by atoms with E-state index < -0.39 is 0 Å². The number of benzene rings is 2. The molecule has 0 unspecified atom stereocenters. The molecule has 7 nitrogen and oxygen atoms in total. The van der Waals surface area contributed by atoms with E-state index in [9.17, 15) is 14.4 Å². The maximum absolute atomic E-state index is 12.4. The SMILES string of the molecule is CC(=O)Nc1ccc(NC(=O)CCC(=O)N2CCC(c3ccccc3)=N2)cc1Cl. The predicted octanol–water partition coefficient (Wildman–Crippen LogP) is 3.65. The van der Waals surface area contributed by atoms with Gasteiger partial charge in [-0.15, -0.1) is 0 Å². The standard InChI is InChI=1S/C21H21ClN4O3/c1-14(27)23-19-8-7-16(13-17(19)22)24-20(28)9-10-21(29)26-12-11-18(25-26)15-5-3-2-4-6-15/h2-8,13H,9-12H2,1H3,(H,23,27)(H,24,28). The zero-order chi connectivity index (χ0) is 20.8. The Bertz CT molecular complexity index is 960. The van der Waals surface area contributed by atoms with E-state index in [1.54, 1.807) is 18.2 Å². The smallest absolute Gasteiger partial charge is 0.243 e. The summed E-state index contributed by atoms with van der Waals surface area (Å²) in [6, 6.07) is 14.5. The molecule has 3 rings (SSSR count). The Kier molecular flexibility index (Phi) is 6.61. The maximum atomic E-state index is 12.4. The topological polar surface area (TPSA) is 90.9 Å². The number of carbonyl (C=O) groups is 3. The van der Waals surface area contributed by atoms with Gasteiger partial charge in [0.15, 0.2) is 0 Å². The summed E-state index contributed by atoms with van der Waals surface area (Å²) in [5.41, 5.74) is 2.83. The summed E-state index contributed by atoms with van der Waals surface area (Å²) in [5.74, 6) is -0.722. The molecular formula is C21H21ClN4O3. The zero-order valence-corrected chi connectivity index (χ0v) is 16.7. The van der Waals surface area contributed by atoms with Gasteiger partial charge in [-0.2, -0.15) is 5.10 Å². The summed E-state index contributed by atoms with van der Waals surface area (Å²) in [6.45, 7) is 1.90. The molecule has 8 heteroatoms. The molecule has 3 amide bonds. The fraction of sp³-hybridized carbons (Fsp3) is 0.238. The van der Waals surface area contributed by atoms with Crippen LogP contribution in [0, 0.1) is 0 Å². The van der Waals surface area contributed by atoms with Gasteiger partial charge < -0.3 is 10.6 Å². The molecule has 1 heterocycles. The minimum atomic E-state index is -0.298. The van der Waals surface area contributed by atoms with Crippen molar-refractivity contribution in [1.82, 2.24) is 5.01 Å². The number of nitrogens with one attached hydrogen (secondary N) is 2. The minimum Gasteiger partial charge on any atom is -0.326 e. The molecule has 2 aromatic carbocycles. The van der Waals surface area contributed by atoms with Crippen LogP contribution in [0.2, 0.25) is 5.02 Å². The lowest BCUT2D eigenvalue weighted by molar-refractivity contribution is -0.132. The summed E-state index contributed by atoms with van der Waals surface area (Å²) in [6.07, 6.45) is 0.798. The average Bonchev–Trinajstić information content (AvgIpc) is 3.19. The van der Waals surface area contributed by atoms with Gasteiger partial charge in [0.2, 0.25) is 17.7 Å². The summed E-state index contributed by atoms with van der Waals surface area (Å²) < 4.78 is 0. The van der Waals surface area contributed by atoms with Crippen molar-refractivity contribution in [2.45, 2.75) is 26.2 Å². The maximum Gasteiger partial charge on any atom is 0.243 e. The highest BCUT2D eigenvalue weighted by atomic mass is 35.5. The number of carbonyl (C=O) groups excluding carboxylic acids is 3. The summed E-state index contributed by atoms with van der Waals surface area (Å²) in [5, 5.41) is 11.4. The summed E-state index contributed by atoms with van der Waals surface area (Å²) in [4.78, 5) is 35.6. The molecular weight excluding hydrogens is 392 g/mol. The van der Waals surface area contributed by atoms with Gasteiger partial charge in [-0.25, -0.2) is 5.01 Å². The molecule has 0 fully saturated rings. The predicted molar refractivity (Wildman–Crippen MR) is 113 cm³/mol. The third kappa shape index (κ3) is 5.65. The third-order valence-electron chi connectivity index (χ3n) is 4.33. The fourth-order valence-electron chi connectivity index (χ4n) is 2.93. The van der Waals surface area contributed by atoms with Crippen LogP contribution >= 0.6 is 11.6 Å². The van der Waals surface area contributed by atoms with E-state index >= 15 is 0 Å². The lowest BCUT2D eigenvalue weighted by atomic mass is 10.1. The van der Waals surface area contributed by atoms with Crippen molar-refractivity contribution >= 4 is 46.4 Å². The first kappa shape index (κ1) is 20.5. The van der Waals surface area contributed by atoms with Crippen LogP contribution < -0.4 is 10.6 Å². The van der Waals surface area contributed by atoms with Crippen LogP contribution in [-0.4, -0.2) is 35.0 Å². The van der Waals surface area contributed by atoms with Crippen LogP contribution in [0.4, 0.5) is 11.4 Å². The molecule has 0 atom stereocenters. The first-order chi connectivity index (χ1) is 13.9. The van der Waals surface area contributed by atoms with Gasteiger partial charge in [-0.3, -0.25) is 14.4 Å². The van der Waals surface area contributed by atoms with E-state index in [0.717, 1.165) is 11.3 Å². The zero-order valence-electron chi connectivity index (χ0n) is 15.9. The number of hydrogen-bond donors (Lipinski definition) is 2. The molecule has 0 saturated carbocycles. The molecule has 1 aliphatic heterocycles. The van der Waals surface area contributed by atoms with Gasteiger partial charge in [0, 0.05) is 31.9 Å². The number of nitrogens with zero attached hydrogens (tertiary/aromatic N) is 2. The van der Waals surface area contributed by atoms with Crippen LogP contribution in [0.1, 0.15) is 31.7 Å². The van der Waals surface area contributed by atoms with E-state index in [1.165, 1.54) is 11.9 Å². The van der Waals surface area contributed by atoms with Crippen molar-refractivity contribution in [3.8, 4) is 0 Å². The molecule has 1 aliphatic rings. The van der Waals surface area contributed by atoms with Crippen molar-refractivity contribution in [1.29, 1.82) is 0 Å². The third-order valence-corrected chi connectivity index (χ3v) is 4.64. The van der Waals surface area contributed by atoms with E-state index in [1.807, 2.05) is 30.3 Å². The van der Waals surface area contributed by atoms with E-state index in [4.69, 9.17) is 11.6 Å².